The molecular weight excluding hydrogens is 413 g/mol. The zero-order valence-corrected chi connectivity index (χ0v) is 17.8. The first kappa shape index (κ1) is 20.7. The molecule has 1 saturated carbocycles. The zero-order valence-electron chi connectivity index (χ0n) is 17.8. The maximum Gasteiger partial charge on any atom is 0.224 e. The number of halogens is 1. The quantitative estimate of drug-likeness (QED) is 0.546. The Balaban J connectivity index is 1.33. The van der Waals surface area contributed by atoms with Crippen LogP contribution in [0.4, 0.5) is 10.2 Å². The average Bonchev–Trinajstić information content (AvgIpc) is 3.38. The summed E-state index contributed by atoms with van der Waals surface area (Å²) in [5.41, 5.74) is 1.27. The summed E-state index contributed by atoms with van der Waals surface area (Å²) in [6.07, 6.45) is 6.07. The second-order valence-electron chi connectivity index (χ2n) is 8.69. The molecule has 8 nitrogen and oxygen atoms in total. The number of piperidine rings is 1. The first-order valence-corrected chi connectivity index (χ1v) is 10.8. The minimum Gasteiger partial charge on any atom is -0.496 e. The molecule has 1 aliphatic carbocycles. The molecule has 3 aromatic rings. The zero-order chi connectivity index (χ0) is 22.3. The number of nitrogens with one attached hydrogen (secondary N) is 2. The monoisotopic (exact) mass is 439 g/mol. The Kier molecular flexibility index (Phi) is 5.21. The number of benzene rings is 1. The number of nitrogens with zero attached hydrogens (tertiary/aromatic N) is 3. The smallest absolute Gasteiger partial charge is 0.224 e. The van der Waals surface area contributed by atoms with Crippen LogP contribution >= 0.6 is 0 Å². The third-order valence-electron chi connectivity index (χ3n) is 6.84. The number of anilines is 1. The molecule has 9 heteroatoms. The van der Waals surface area contributed by atoms with Crippen LogP contribution in [-0.4, -0.2) is 52.8 Å². The molecule has 1 aromatic carbocycles. The molecule has 2 fully saturated rings. The van der Waals surface area contributed by atoms with Gasteiger partial charge in [-0.25, -0.2) is 14.4 Å². The van der Waals surface area contributed by atoms with E-state index in [9.17, 15) is 14.3 Å². The Morgan fingerprint density at radius 2 is 2.25 bits per heavy atom. The van der Waals surface area contributed by atoms with Crippen molar-refractivity contribution in [3.8, 4) is 5.75 Å². The second-order valence-corrected chi connectivity index (χ2v) is 8.69. The van der Waals surface area contributed by atoms with E-state index in [0.717, 1.165) is 36.2 Å². The fraction of sp³-hybridized carbons (Fsp3) is 0.435. The molecule has 2 aromatic heterocycles. The van der Waals surface area contributed by atoms with Crippen molar-refractivity contribution >= 4 is 22.8 Å². The predicted molar refractivity (Wildman–Crippen MR) is 117 cm³/mol. The lowest BCUT2D eigenvalue weighted by atomic mass is 9.81. The van der Waals surface area contributed by atoms with Gasteiger partial charge in [-0.3, -0.25) is 4.79 Å². The van der Waals surface area contributed by atoms with Gasteiger partial charge in [-0.1, -0.05) is 6.07 Å². The van der Waals surface area contributed by atoms with Crippen molar-refractivity contribution in [1.82, 2.24) is 20.3 Å². The Bertz CT molecular complexity index is 1150. The van der Waals surface area contributed by atoms with Crippen molar-refractivity contribution in [3.05, 3.63) is 48.2 Å². The number of amides is 1. The summed E-state index contributed by atoms with van der Waals surface area (Å²) in [5.74, 6) is 0.536. The maximum absolute atomic E-state index is 13.6. The summed E-state index contributed by atoms with van der Waals surface area (Å²) in [7, 11) is 1.44. The number of hydrogen-bond donors (Lipinski definition) is 3. The number of rotatable bonds is 6. The highest BCUT2D eigenvalue weighted by atomic mass is 19.1. The molecule has 0 radical (unpaired) electrons. The van der Waals surface area contributed by atoms with Crippen LogP contribution in [0.3, 0.4) is 0 Å². The second kappa shape index (κ2) is 8.05. The van der Waals surface area contributed by atoms with E-state index in [1.54, 1.807) is 12.4 Å². The van der Waals surface area contributed by atoms with Crippen molar-refractivity contribution < 1.29 is 19.0 Å². The largest absolute Gasteiger partial charge is 0.496 e. The molecule has 0 bridgehead atoms. The number of carbonyl (C=O) groups is 1. The number of methoxy groups -OCH3 is 1. The third-order valence-corrected chi connectivity index (χ3v) is 6.84. The number of hydrogen-bond acceptors (Lipinski definition) is 6. The summed E-state index contributed by atoms with van der Waals surface area (Å²) in [6, 6.07) is 5.42. The molecule has 1 saturated heterocycles. The van der Waals surface area contributed by atoms with Crippen LogP contribution in [0, 0.1) is 17.2 Å². The van der Waals surface area contributed by atoms with Gasteiger partial charge in [-0.15, -0.1) is 0 Å². The molecule has 3 N–H and O–H groups in total. The van der Waals surface area contributed by atoms with E-state index in [0.29, 0.717) is 24.3 Å². The minimum absolute atomic E-state index is 0.0814. The molecule has 1 aliphatic heterocycles. The Morgan fingerprint density at radius 3 is 3.00 bits per heavy atom. The van der Waals surface area contributed by atoms with E-state index in [-0.39, 0.29) is 23.8 Å². The summed E-state index contributed by atoms with van der Waals surface area (Å²) < 4.78 is 18.8. The van der Waals surface area contributed by atoms with E-state index in [1.807, 2.05) is 12.3 Å². The lowest BCUT2D eigenvalue weighted by molar-refractivity contribution is -0.129. The van der Waals surface area contributed by atoms with Crippen molar-refractivity contribution in [1.29, 1.82) is 0 Å². The van der Waals surface area contributed by atoms with Gasteiger partial charge in [0.05, 0.1) is 25.1 Å². The van der Waals surface area contributed by atoms with Crippen LogP contribution in [-0.2, 0) is 4.79 Å². The number of aromatic amines is 1. The van der Waals surface area contributed by atoms with Gasteiger partial charge < -0.3 is 25.0 Å². The Morgan fingerprint density at radius 1 is 1.41 bits per heavy atom. The maximum atomic E-state index is 13.6. The normalized spacial score (nSPS) is 20.3. The molecule has 1 amide bonds. The fourth-order valence-corrected chi connectivity index (χ4v) is 5.00. The van der Waals surface area contributed by atoms with Gasteiger partial charge in [0.2, 0.25) is 5.91 Å². The van der Waals surface area contributed by atoms with Gasteiger partial charge in [-0.05, 0) is 36.8 Å². The van der Waals surface area contributed by atoms with Crippen LogP contribution in [0.25, 0.3) is 11.0 Å². The predicted octanol–water partition coefficient (Wildman–Crippen LogP) is 2.56. The van der Waals surface area contributed by atoms with Crippen molar-refractivity contribution in [3.63, 3.8) is 0 Å². The summed E-state index contributed by atoms with van der Waals surface area (Å²) in [6.45, 7) is 1.17. The van der Waals surface area contributed by atoms with Gasteiger partial charge >= 0.3 is 0 Å². The molecule has 2 atom stereocenters. The number of ether oxygens (including phenoxy) is 1. The molecular formula is C23H26FN5O3. The Labute approximate surface area is 184 Å². The fourth-order valence-electron chi connectivity index (χ4n) is 5.00. The van der Waals surface area contributed by atoms with E-state index < -0.39 is 11.9 Å². The highest BCUT2D eigenvalue weighted by Crippen LogP contribution is 2.56. The third kappa shape index (κ3) is 3.56. The van der Waals surface area contributed by atoms with Crippen molar-refractivity contribution in [2.45, 2.75) is 25.3 Å². The summed E-state index contributed by atoms with van der Waals surface area (Å²) >= 11 is 0. The highest BCUT2D eigenvalue weighted by molar-refractivity contribution is 5.88. The number of H-pyrrole nitrogens is 1. The Hall–Kier alpha value is -3.20. The first-order valence-electron chi connectivity index (χ1n) is 10.8. The first-order chi connectivity index (χ1) is 15.5. The molecule has 5 rings (SSSR count). The highest BCUT2D eigenvalue weighted by Gasteiger charge is 2.55. The van der Waals surface area contributed by atoms with Crippen molar-refractivity contribution in [2.75, 3.05) is 31.7 Å². The lowest BCUT2D eigenvalue weighted by Gasteiger charge is -2.39. The molecule has 1 unspecified atom stereocenters. The number of aliphatic hydroxyl groups is 1. The van der Waals surface area contributed by atoms with E-state index in [2.05, 4.69) is 25.2 Å². The van der Waals surface area contributed by atoms with Gasteiger partial charge in [0.25, 0.3) is 0 Å². The van der Waals surface area contributed by atoms with Crippen LogP contribution in [0.2, 0.25) is 0 Å². The van der Waals surface area contributed by atoms with Crippen molar-refractivity contribution in [2.24, 2.45) is 11.3 Å². The molecule has 32 heavy (non-hydrogen) atoms. The summed E-state index contributed by atoms with van der Waals surface area (Å²) in [4.78, 5) is 27.4. The molecule has 168 valence electrons. The lowest BCUT2D eigenvalue weighted by Crippen LogP contribution is -2.49. The van der Waals surface area contributed by atoms with Gasteiger partial charge in [0, 0.05) is 36.8 Å². The minimum atomic E-state index is -0.659. The van der Waals surface area contributed by atoms with E-state index >= 15 is 0 Å². The summed E-state index contributed by atoms with van der Waals surface area (Å²) in [5, 5.41) is 13.9. The molecule has 1 spiro atoms. The van der Waals surface area contributed by atoms with E-state index in [4.69, 9.17) is 4.74 Å². The van der Waals surface area contributed by atoms with Crippen LogP contribution in [0.5, 0.6) is 5.75 Å². The topological polar surface area (TPSA) is 103 Å². The standard InChI is InChI=1S/C23H26FN5O3/c1-32-19-10-14(24)2-3-15(19)18(11-30)28-22(31)17-5-9-29(12-23(17)6-7-23)21-16-4-8-25-20(16)26-13-27-21/h2-4,8,10,13,17-18,30H,5-7,9,11-12H2,1H3,(H,28,31)(H,25,26,27)/t17?,18-/m0/s1. The van der Waals surface area contributed by atoms with Crippen LogP contribution < -0.4 is 15.0 Å². The SMILES string of the molecule is COc1cc(F)ccc1[C@H](CO)NC(=O)C1CCN(c2ncnc3[nH]ccc23)CC12CC2. The van der Waals surface area contributed by atoms with E-state index in [1.165, 1.54) is 19.2 Å². The van der Waals surface area contributed by atoms with Crippen LogP contribution in [0.15, 0.2) is 36.8 Å². The van der Waals surface area contributed by atoms with Gasteiger partial charge in [0.15, 0.2) is 0 Å². The number of aliphatic hydroxyl groups excluding tert-OH is 1. The van der Waals surface area contributed by atoms with Crippen LogP contribution in [0.1, 0.15) is 30.9 Å². The molecule has 2 aliphatic rings. The number of carbonyl (C=O) groups excluding carboxylic acids is 1. The molecule has 3 heterocycles. The number of aromatic nitrogens is 3. The average molecular weight is 439 g/mol. The van der Waals surface area contributed by atoms with Gasteiger partial charge in [0.1, 0.15) is 29.4 Å². The van der Waals surface area contributed by atoms with Gasteiger partial charge in [-0.2, -0.15) is 0 Å². The number of fused-ring (bicyclic) bond motifs is 1.